The lowest BCUT2D eigenvalue weighted by Crippen LogP contribution is -2.42. The maximum Gasteiger partial charge on any atom is 0.163 e. The minimum Gasteiger partial charge on any atom is -0.394 e. The lowest BCUT2D eigenvalue weighted by Gasteiger charge is -2.41. The number of rotatable bonds is 3. The second-order valence-corrected chi connectivity index (χ2v) is 6.57. The van der Waals surface area contributed by atoms with Crippen molar-refractivity contribution in [2.45, 2.75) is 38.6 Å². The van der Waals surface area contributed by atoms with Gasteiger partial charge in [-0.2, -0.15) is 5.10 Å². The largest absolute Gasteiger partial charge is 0.394 e. The van der Waals surface area contributed by atoms with Crippen LogP contribution in [0.25, 0.3) is 11.0 Å². The number of aliphatic hydroxyl groups excluding tert-OH is 1. The quantitative estimate of drug-likeness (QED) is 0.937. The molecule has 2 fully saturated rings. The number of hydrogen-bond donors (Lipinski definition) is 1. The van der Waals surface area contributed by atoms with Crippen molar-refractivity contribution in [3.8, 4) is 0 Å². The van der Waals surface area contributed by atoms with E-state index in [4.69, 9.17) is 5.11 Å². The van der Waals surface area contributed by atoms with E-state index >= 15 is 0 Å². The van der Waals surface area contributed by atoms with Gasteiger partial charge in [-0.05, 0) is 24.7 Å². The van der Waals surface area contributed by atoms with Crippen LogP contribution in [-0.4, -0.2) is 44.6 Å². The number of piperidine rings is 1. The highest BCUT2D eigenvalue weighted by atomic mass is 16.3. The zero-order valence-corrected chi connectivity index (χ0v) is 12.9. The van der Waals surface area contributed by atoms with E-state index in [1.165, 1.54) is 32.1 Å². The second-order valence-electron chi connectivity index (χ2n) is 6.57. The predicted octanol–water partition coefficient (Wildman–Crippen LogP) is 1.84. The molecule has 2 aromatic rings. The summed E-state index contributed by atoms with van der Waals surface area (Å²) in [5.74, 6) is 2.75. The van der Waals surface area contributed by atoms with Crippen LogP contribution >= 0.6 is 0 Å². The molecule has 6 nitrogen and oxygen atoms in total. The molecule has 2 atom stereocenters. The topological polar surface area (TPSA) is 67.1 Å². The minimum atomic E-state index is 0.0730. The van der Waals surface area contributed by atoms with Crippen LogP contribution in [0.3, 0.4) is 0 Å². The maximum atomic E-state index is 9.13. The lowest BCUT2D eigenvalue weighted by molar-refractivity contribution is 0.202. The van der Waals surface area contributed by atoms with Gasteiger partial charge in [0.1, 0.15) is 12.1 Å². The predicted molar refractivity (Wildman–Crippen MR) is 84.7 cm³/mol. The Balaban J connectivity index is 1.63. The Hall–Kier alpha value is -1.69. The molecule has 118 valence electrons. The average Bonchev–Trinajstić information content (AvgIpc) is 2.98. The number of hydrogen-bond acceptors (Lipinski definition) is 5. The van der Waals surface area contributed by atoms with Gasteiger partial charge in [-0.15, -0.1) is 0 Å². The molecule has 0 unspecified atom stereocenters. The van der Waals surface area contributed by atoms with E-state index in [-0.39, 0.29) is 6.61 Å². The third-order valence-electron chi connectivity index (χ3n) is 5.32. The molecule has 1 N–H and O–H groups in total. The van der Waals surface area contributed by atoms with Crippen molar-refractivity contribution >= 4 is 16.9 Å². The van der Waals surface area contributed by atoms with Crippen molar-refractivity contribution in [2.75, 3.05) is 24.6 Å². The highest BCUT2D eigenvalue weighted by molar-refractivity contribution is 5.86. The van der Waals surface area contributed by atoms with Crippen molar-refractivity contribution in [2.24, 2.45) is 11.8 Å². The van der Waals surface area contributed by atoms with Crippen LogP contribution in [-0.2, 0) is 6.54 Å². The fraction of sp³-hybridized carbons (Fsp3) is 0.688. The fourth-order valence-electron chi connectivity index (χ4n) is 4.18. The van der Waals surface area contributed by atoms with Gasteiger partial charge < -0.3 is 10.0 Å². The molecule has 0 spiro atoms. The van der Waals surface area contributed by atoms with Crippen molar-refractivity contribution in [1.82, 2.24) is 19.7 Å². The number of nitrogens with zero attached hydrogens (tertiary/aromatic N) is 5. The van der Waals surface area contributed by atoms with E-state index in [9.17, 15) is 0 Å². The first-order valence-corrected chi connectivity index (χ1v) is 8.39. The van der Waals surface area contributed by atoms with Gasteiger partial charge in [-0.1, -0.05) is 19.3 Å². The Morgan fingerprint density at radius 2 is 2.00 bits per heavy atom. The zero-order chi connectivity index (χ0) is 14.9. The zero-order valence-electron chi connectivity index (χ0n) is 12.9. The standard InChI is InChI=1S/C16H23N5O/c22-8-7-21-16-14(9-19-21)15(17-11-18-16)20-6-5-12-3-1-2-4-13(12)10-20/h9,11-13,22H,1-8,10H2/t12-,13-/m1/s1. The van der Waals surface area contributed by atoms with Gasteiger partial charge in [-0.25, -0.2) is 14.6 Å². The van der Waals surface area contributed by atoms with Crippen LogP contribution in [0.2, 0.25) is 0 Å². The first-order chi connectivity index (χ1) is 10.9. The van der Waals surface area contributed by atoms with Crippen LogP contribution in [0.1, 0.15) is 32.1 Å². The summed E-state index contributed by atoms with van der Waals surface area (Å²) in [6, 6.07) is 0. The molecular formula is C16H23N5O. The molecule has 0 bridgehead atoms. The summed E-state index contributed by atoms with van der Waals surface area (Å²) in [6.45, 7) is 2.74. The Morgan fingerprint density at radius 1 is 1.14 bits per heavy atom. The minimum absolute atomic E-state index is 0.0730. The molecule has 0 radical (unpaired) electrons. The molecule has 4 rings (SSSR count). The van der Waals surface area contributed by atoms with Crippen LogP contribution in [0, 0.1) is 11.8 Å². The molecular weight excluding hydrogens is 278 g/mol. The smallest absolute Gasteiger partial charge is 0.163 e. The monoisotopic (exact) mass is 301 g/mol. The van der Waals surface area contributed by atoms with Crippen LogP contribution in [0.4, 0.5) is 5.82 Å². The molecule has 3 heterocycles. The van der Waals surface area contributed by atoms with E-state index in [0.717, 1.165) is 41.8 Å². The van der Waals surface area contributed by atoms with Crippen molar-refractivity contribution < 1.29 is 5.11 Å². The molecule has 6 heteroatoms. The molecule has 1 saturated heterocycles. The summed E-state index contributed by atoms with van der Waals surface area (Å²) in [6.07, 6.45) is 10.3. The van der Waals surface area contributed by atoms with E-state index in [1.54, 1.807) is 11.0 Å². The van der Waals surface area contributed by atoms with Crippen molar-refractivity contribution in [3.63, 3.8) is 0 Å². The van der Waals surface area contributed by atoms with E-state index in [1.807, 2.05) is 6.20 Å². The summed E-state index contributed by atoms with van der Waals surface area (Å²) < 4.78 is 1.76. The van der Waals surface area contributed by atoms with Gasteiger partial charge in [0.05, 0.1) is 24.7 Å². The second kappa shape index (κ2) is 5.83. The molecule has 2 aliphatic rings. The highest BCUT2D eigenvalue weighted by Gasteiger charge is 2.32. The fourth-order valence-corrected chi connectivity index (χ4v) is 4.18. The molecule has 22 heavy (non-hydrogen) atoms. The third kappa shape index (κ3) is 2.35. The van der Waals surface area contributed by atoms with E-state index < -0.39 is 0 Å². The first-order valence-electron chi connectivity index (χ1n) is 8.39. The van der Waals surface area contributed by atoms with Crippen molar-refractivity contribution in [3.05, 3.63) is 12.5 Å². The lowest BCUT2D eigenvalue weighted by atomic mass is 9.75. The van der Waals surface area contributed by atoms with Gasteiger partial charge in [0.2, 0.25) is 0 Å². The summed E-state index contributed by atoms with van der Waals surface area (Å²) in [5, 5.41) is 14.5. The summed E-state index contributed by atoms with van der Waals surface area (Å²) in [5.41, 5.74) is 0.824. The van der Waals surface area contributed by atoms with E-state index in [0.29, 0.717) is 6.54 Å². The normalized spacial score (nSPS) is 25.4. The first kappa shape index (κ1) is 13.9. The van der Waals surface area contributed by atoms with Crippen LogP contribution < -0.4 is 4.90 Å². The van der Waals surface area contributed by atoms with Gasteiger partial charge in [0.15, 0.2) is 5.65 Å². The summed E-state index contributed by atoms with van der Waals surface area (Å²) >= 11 is 0. The number of aromatic nitrogens is 4. The van der Waals surface area contributed by atoms with Gasteiger partial charge >= 0.3 is 0 Å². The molecule has 0 aromatic carbocycles. The average molecular weight is 301 g/mol. The summed E-state index contributed by atoms with van der Waals surface area (Å²) in [7, 11) is 0. The Labute approximate surface area is 130 Å². The molecule has 0 amide bonds. The third-order valence-corrected chi connectivity index (χ3v) is 5.32. The molecule has 2 aromatic heterocycles. The van der Waals surface area contributed by atoms with Crippen molar-refractivity contribution in [1.29, 1.82) is 0 Å². The highest BCUT2D eigenvalue weighted by Crippen LogP contribution is 2.38. The number of anilines is 1. The Bertz CT molecular complexity index is 655. The van der Waals surface area contributed by atoms with Gasteiger partial charge in [0.25, 0.3) is 0 Å². The van der Waals surface area contributed by atoms with E-state index in [2.05, 4.69) is 20.0 Å². The SMILES string of the molecule is OCCn1ncc2c(N3CC[C@H]4CCCC[C@@H]4C3)ncnc21. The number of fused-ring (bicyclic) bond motifs is 2. The Morgan fingerprint density at radius 3 is 2.86 bits per heavy atom. The van der Waals surface area contributed by atoms with Gasteiger partial charge in [0, 0.05) is 13.1 Å². The summed E-state index contributed by atoms with van der Waals surface area (Å²) in [4.78, 5) is 11.3. The maximum absolute atomic E-state index is 9.13. The molecule has 1 aliphatic carbocycles. The Kier molecular flexibility index (Phi) is 3.70. The molecule has 1 aliphatic heterocycles. The van der Waals surface area contributed by atoms with Crippen LogP contribution in [0.15, 0.2) is 12.5 Å². The number of aliphatic hydroxyl groups is 1. The van der Waals surface area contributed by atoms with Crippen LogP contribution in [0.5, 0.6) is 0 Å². The van der Waals surface area contributed by atoms with Gasteiger partial charge in [-0.3, -0.25) is 0 Å². The molecule has 1 saturated carbocycles.